The zero-order chi connectivity index (χ0) is 12.8. The zero-order valence-corrected chi connectivity index (χ0v) is 11.2. The van der Waals surface area contributed by atoms with Gasteiger partial charge in [-0.1, -0.05) is 30.3 Å². The molecule has 0 bridgehead atoms. The van der Waals surface area contributed by atoms with Crippen LogP contribution in [0.15, 0.2) is 48.9 Å². The quantitative estimate of drug-likeness (QED) is 0.482. The average Bonchev–Trinajstić information content (AvgIpc) is 2.42. The van der Waals surface area contributed by atoms with E-state index < -0.39 is 0 Å². The Morgan fingerprint density at radius 1 is 1.33 bits per heavy atom. The summed E-state index contributed by atoms with van der Waals surface area (Å²) in [6.07, 6.45) is 4.93. The third-order valence-corrected chi connectivity index (χ3v) is 2.64. The van der Waals surface area contributed by atoms with E-state index >= 15 is 0 Å². The van der Waals surface area contributed by atoms with Crippen molar-refractivity contribution in [3.8, 4) is 5.88 Å². The molecule has 0 saturated carbocycles. The Labute approximate surface area is 113 Å². The van der Waals surface area contributed by atoms with E-state index in [4.69, 9.17) is 4.74 Å². The van der Waals surface area contributed by atoms with E-state index in [1.165, 1.54) is 0 Å². The second-order valence-electron chi connectivity index (χ2n) is 3.59. The summed E-state index contributed by atoms with van der Waals surface area (Å²) in [6.45, 7) is 0.231. The highest BCUT2D eigenvalue weighted by atomic mass is 79.9. The molecule has 1 heterocycles. The van der Waals surface area contributed by atoms with E-state index in [0.29, 0.717) is 17.0 Å². The minimum absolute atomic E-state index is 0.0335. The van der Waals surface area contributed by atoms with Crippen molar-refractivity contribution < 1.29 is 14.1 Å². The van der Waals surface area contributed by atoms with Crippen molar-refractivity contribution in [1.29, 1.82) is 0 Å². The lowest BCUT2D eigenvalue weighted by Crippen LogP contribution is -2.39. The number of halogens is 1. The van der Waals surface area contributed by atoms with Gasteiger partial charge in [-0.25, -0.2) is 4.98 Å². The van der Waals surface area contributed by atoms with Gasteiger partial charge in [-0.2, -0.15) is 4.57 Å². The van der Waals surface area contributed by atoms with Gasteiger partial charge in [0, 0.05) is 5.56 Å². The van der Waals surface area contributed by atoms with Crippen LogP contribution < -0.4 is 9.30 Å². The number of carbonyl (C=O) groups excluding carboxylic acids is 1. The van der Waals surface area contributed by atoms with Gasteiger partial charge in [0.2, 0.25) is 12.3 Å². The van der Waals surface area contributed by atoms with Crippen molar-refractivity contribution in [1.82, 2.24) is 4.98 Å². The number of carbonyl (C=O) groups is 1. The maximum atomic E-state index is 12.1. The maximum absolute atomic E-state index is 12.1. The minimum Gasteiger partial charge on any atom is -0.432 e. The van der Waals surface area contributed by atoms with E-state index in [1.807, 2.05) is 18.2 Å². The van der Waals surface area contributed by atoms with Gasteiger partial charge in [0.1, 0.15) is 11.7 Å². The first-order valence-corrected chi connectivity index (χ1v) is 6.54. The van der Waals surface area contributed by atoms with E-state index in [1.54, 1.807) is 35.3 Å². The number of ketones is 1. The standard InChI is InChI=1S/C13H12BrN2O2/c14-10-18-13-8-15-6-7-16(13)9-12(17)11-4-2-1-3-5-11/h1-8H,9-10H2/q+1. The van der Waals surface area contributed by atoms with E-state index in [9.17, 15) is 4.79 Å². The van der Waals surface area contributed by atoms with Crippen LogP contribution in [0.2, 0.25) is 0 Å². The zero-order valence-electron chi connectivity index (χ0n) is 9.62. The first-order valence-electron chi connectivity index (χ1n) is 5.41. The fourth-order valence-corrected chi connectivity index (χ4v) is 1.78. The van der Waals surface area contributed by atoms with E-state index in [2.05, 4.69) is 20.9 Å². The Bertz CT molecular complexity index is 532. The van der Waals surface area contributed by atoms with Crippen molar-refractivity contribution in [3.05, 3.63) is 54.5 Å². The second kappa shape index (κ2) is 6.26. The molecule has 18 heavy (non-hydrogen) atoms. The van der Waals surface area contributed by atoms with Crippen molar-refractivity contribution in [2.45, 2.75) is 6.54 Å². The third kappa shape index (κ3) is 3.13. The Morgan fingerprint density at radius 3 is 2.83 bits per heavy atom. The molecule has 0 unspecified atom stereocenters. The third-order valence-electron chi connectivity index (χ3n) is 2.41. The molecule has 2 aromatic rings. The minimum atomic E-state index is 0.0335. The molecule has 0 radical (unpaired) electrons. The molecule has 0 saturated heterocycles. The molecular formula is C13H12BrN2O2+. The first kappa shape index (κ1) is 12.7. The lowest BCUT2D eigenvalue weighted by molar-refractivity contribution is -0.688. The number of hydrogen-bond acceptors (Lipinski definition) is 3. The SMILES string of the molecule is O=C(C[n+]1ccncc1OCBr)c1ccccc1. The van der Waals surface area contributed by atoms with Gasteiger partial charge in [0.15, 0.2) is 6.20 Å². The van der Waals surface area contributed by atoms with Crippen molar-refractivity contribution in [2.75, 3.05) is 5.52 Å². The van der Waals surface area contributed by atoms with Gasteiger partial charge < -0.3 is 4.74 Å². The summed E-state index contributed by atoms with van der Waals surface area (Å²) in [7, 11) is 0. The lowest BCUT2D eigenvalue weighted by Gasteiger charge is -2.02. The van der Waals surface area contributed by atoms with E-state index in [0.717, 1.165) is 0 Å². The smallest absolute Gasteiger partial charge is 0.388 e. The molecular weight excluding hydrogens is 296 g/mol. The van der Waals surface area contributed by atoms with Gasteiger partial charge in [0.25, 0.3) is 0 Å². The highest BCUT2D eigenvalue weighted by molar-refractivity contribution is 9.09. The summed E-state index contributed by atoms with van der Waals surface area (Å²) in [6, 6.07) is 9.18. The van der Waals surface area contributed by atoms with Gasteiger partial charge in [-0.05, 0) is 15.9 Å². The Kier molecular flexibility index (Phi) is 4.41. The van der Waals surface area contributed by atoms with Gasteiger partial charge in [0.05, 0.1) is 6.20 Å². The van der Waals surface area contributed by atoms with Crippen LogP contribution in [0.4, 0.5) is 0 Å². The van der Waals surface area contributed by atoms with Gasteiger partial charge >= 0.3 is 5.88 Å². The number of hydrogen-bond donors (Lipinski definition) is 0. The molecule has 1 aromatic heterocycles. The number of Topliss-reactive ketones (excluding diaryl/α,β-unsaturated/α-hetero) is 1. The van der Waals surface area contributed by atoms with Crippen molar-refractivity contribution in [2.24, 2.45) is 0 Å². The molecule has 4 nitrogen and oxygen atoms in total. The first-order chi connectivity index (χ1) is 8.81. The predicted octanol–water partition coefficient (Wildman–Crippen LogP) is 1.98. The number of nitrogens with zero attached hydrogens (tertiary/aromatic N) is 2. The topological polar surface area (TPSA) is 43.1 Å². The largest absolute Gasteiger partial charge is 0.432 e. The molecule has 0 spiro atoms. The Balaban J connectivity index is 2.17. The number of rotatable bonds is 5. The molecule has 5 heteroatoms. The molecule has 1 aromatic carbocycles. The summed E-state index contributed by atoms with van der Waals surface area (Å²) in [5, 5.41) is 0. The van der Waals surface area contributed by atoms with Crippen LogP contribution in [-0.2, 0) is 6.54 Å². The number of benzene rings is 1. The molecule has 0 aliphatic carbocycles. The van der Waals surface area contributed by atoms with Crippen LogP contribution >= 0.6 is 15.9 Å². The summed E-state index contributed by atoms with van der Waals surface area (Å²) >= 11 is 3.18. The Hall–Kier alpha value is -1.75. The number of alkyl halides is 1. The lowest BCUT2D eigenvalue weighted by atomic mass is 10.1. The van der Waals surface area contributed by atoms with Crippen LogP contribution in [0.3, 0.4) is 0 Å². The average molecular weight is 308 g/mol. The number of aromatic nitrogens is 2. The summed E-state index contributed by atoms with van der Waals surface area (Å²) in [5.74, 6) is 0.588. The van der Waals surface area contributed by atoms with Crippen LogP contribution in [0.5, 0.6) is 5.88 Å². The van der Waals surface area contributed by atoms with Crippen LogP contribution in [0.25, 0.3) is 0 Å². The highest BCUT2D eigenvalue weighted by Gasteiger charge is 2.17. The molecule has 0 aliphatic rings. The predicted molar refractivity (Wildman–Crippen MR) is 69.6 cm³/mol. The summed E-state index contributed by atoms with van der Waals surface area (Å²) in [5.41, 5.74) is 1.05. The Morgan fingerprint density at radius 2 is 2.11 bits per heavy atom. The maximum Gasteiger partial charge on any atom is 0.388 e. The highest BCUT2D eigenvalue weighted by Crippen LogP contribution is 2.04. The van der Waals surface area contributed by atoms with Crippen LogP contribution in [0, 0.1) is 0 Å². The molecule has 0 aliphatic heterocycles. The van der Waals surface area contributed by atoms with Crippen molar-refractivity contribution in [3.63, 3.8) is 0 Å². The number of ether oxygens (including phenoxy) is 1. The molecule has 0 fully saturated rings. The van der Waals surface area contributed by atoms with Gasteiger partial charge in [-0.3, -0.25) is 4.79 Å². The second-order valence-corrected chi connectivity index (χ2v) is 4.04. The monoisotopic (exact) mass is 307 g/mol. The summed E-state index contributed by atoms with van der Waals surface area (Å²) < 4.78 is 7.06. The molecule has 2 rings (SSSR count). The molecule has 0 atom stereocenters. The van der Waals surface area contributed by atoms with Crippen LogP contribution in [-0.4, -0.2) is 16.3 Å². The van der Waals surface area contributed by atoms with Crippen molar-refractivity contribution >= 4 is 21.7 Å². The summed E-state index contributed by atoms with van der Waals surface area (Å²) in [4.78, 5) is 16.0. The van der Waals surface area contributed by atoms with Gasteiger partial charge in [-0.15, -0.1) is 0 Å². The normalized spacial score (nSPS) is 10.1. The van der Waals surface area contributed by atoms with E-state index in [-0.39, 0.29) is 12.3 Å². The fraction of sp³-hybridized carbons (Fsp3) is 0.154. The molecule has 0 amide bonds. The fourth-order valence-electron chi connectivity index (χ4n) is 1.55. The van der Waals surface area contributed by atoms with Crippen LogP contribution in [0.1, 0.15) is 10.4 Å². The molecule has 92 valence electrons. The molecule has 0 N–H and O–H groups in total.